The van der Waals surface area contributed by atoms with Crippen LogP contribution >= 0.6 is 11.6 Å². The van der Waals surface area contributed by atoms with Crippen LogP contribution in [0.4, 0.5) is 15.9 Å². The van der Waals surface area contributed by atoms with Crippen LogP contribution in [-0.4, -0.2) is 61.7 Å². The van der Waals surface area contributed by atoms with Crippen molar-refractivity contribution in [1.82, 2.24) is 24.6 Å². The second-order valence-electron chi connectivity index (χ2n) is 15.3. The number of aromatic nitrogens is 4. The molecule has 0 radical (unpaired) electrons. The number of anilines is 2. The average Bonchev–Trinajstić information content (AvgIpc) is 3.82. The smallest absolute Gasteiger partial charge is 0.136 e. The van der Waals surface area contributed by atoms with Crippen molar-refractivity contribution in [2.75, 3.05) is 30.3 Å². The molecule has 6 heterocycles. The molecule has 2 aromatic heterocycles. The molecule has 51 heavy (non-hydrogen) atoms. The highest BCUT2D eigenvalue weighted by atomic mass is 35.5. The first-order chi connectivity index (χ1) is 24.6. The van der Waals surface area contributed by atoms with Gasteiger partial charge in [-0.25, -0.2) is 14.4 Å². The van der Waals surface area contributed by atoms with Crippen molar-refractivity contribution >= 4 is 28.8 Å². The first kappa shape index (κ1) is 35.6. The van der Waals surface area contributed by atoms with Crippen LogP contribution in [0.15, 0.2) is 28.9 Å². The SMILES string of the molecule is CC12CCCN1CC(F)C2.CCCc1ccc(N)c(C#N)c1C1CCc2c(nc(CC)nc2N2CCCn3nc(C4=NC=C(C)C4)c(Cl)c3C2)C1. The van der Waals surface area contributed by atoms with Crippen LogP contribution in [0.3, 0.4) is 0 Å². The van der Waals surface area contributed by atoms with Crippen molar-refractivity contribution in [2.24, 2.45) is 4.99 Å². The molecule has 4 aliphatic heterocycles. The lowest BCUT2D eigenvalue weighted by Gasteiger charge is -2.31. The molecule has 3 unspecified atom stereocenters. The second-order valence-corrected chi connectivity index (χ2v) is 15.7. The van der Waals surface area contributed by atoms with E-state index < -0.39 is 6.17 Å². The fraction of sp³-hybridized carbons (Fsp3) is 0.575. The van der Waals surface area contributed by atoms with Crippen LogP contribution in [0.5, 0.6) is 0 Å². The number of allylic oxidation sites excluding steroid dienone is 1. The highest BCUT2D eigenvalue weighted by Crippen LogP contribution is 2.41. The van der Waals surface area contributed by atoms with Gasteiger partial charge in [0.05, 0.1) is 34.2 Å². The normalized spacial score (nSPS) is 24.1. The van der Waals surface area contributed by atoms with E-state index in [0.29, 0.717) is 29.4 Å². The van der Waals surface area contributed by atoms with E-state index in [9.17, 15) is 9.65 Å². The molecule has 270 valence electrons. The Bertz CT molecular complexity index is 1910. The van der Waals surface area contributed by atoms with Crippen molar-refractivity contribution < 1.29 is 4.39 Å². The van der Waals surface area contributed by atoms with E-state index in [2.05, 4.69) is 59.3 Å². The van der Waals surface area contributed by atoms with E-state index in [4.69, 9.17) is 32.4 Å². The molecule has 0 amide bonds. The Hall–Kier alpha value is -3.81. The van der Waals surface area contributed by atoms with Gasteiger partial charge in [0.2, 0.25) is 0 Å². The fourth-order valence-electron chi connectivity index (χ4n) is 9.01. The largest absolute Gasteiger partial charge is 0.398 e. The Balaban J connectivity index is 0.000000347. The lowest BCUT2D eigenvalue weighted by Crippen LogP contribution is -2.34. The van der Waals surface area contributed by atoms with E-state index in [0.717, 1.165) is 117 Å². The molecule has 5 aliphatic rings. The molecular weight excluding hydrogens is 661 g/mol. The van der Waals surface area contributed by atoms with Crippen molar-refractivity contribution in [3.8, 4) is 6.07 Å². The number of benzene rings is 1. The summed E-state index contributed by atoms with van der Waals surface area (Å²) in [6.45, 7) is 12.7. The van der Waals surface area contributed by atoms with Crippen LogP contribution in [0.25, 0.3) is 0 Å². The van der Waals surface area contributed by atoms with Crippen molar-refractivity contribution in [1.29, 1.82) is 5.26 Å². The minimum Gasteiger partial charge on any atom is -0.398 e. The van der Waals surface area contributed by atoms with Gasteiger partial charge in [0.25, 0.3) is 0 Å². The van der Waals surface area contributed by atoms with Gasteiger partial charge in [0, 0.05) is 55.5 Å². The monoisotopic (exact) mass is 711 g/mol. The molecule has 2 saturated heterocycles. The maximum Gasteiger partial charge on any atom is 0.136 e. The Labute approximate surface area is 306 Å². The number of nitrogens with zero attached hydrogens (tertiary/aromatic N) is 8. The van der Waals surface area contributed by atoms with Crippen LogP contribution < -0.4 is 10.6 Å². The summed E-state index contributed by atoms with van der Waals surface area (Å²) in [6.07, 6.45) is 11.6. The number of halogens is 2. The lowest BCUT2D eigenvalue weighted by atomic mass is 9.78. The predicted octanol–water partition coefficient (Wildman–Crippen LogP) is 7.66. The number of nitrogen functional groups attached to an aromatic ring is 1. The number of aliphatic imine (C=N–C) groups is 1. The number of hydrogen-bond donors (Lipinski definition) is 1. The number of aryl methyl sites for hydroxylation is 3. The molecule has 2 fully saturated rings. The molecule has 2 N–H and O–H groups in total. The molecule has 0 bridgehead atoms. The van der Waals surface area contributed by atoms with Gasteiger partial charge in [-0.3, -0.25) is 14.6 Å². The Morgan fingerprint density at radius 1 is 1.16 bits per heavy atom. The Morgan fingerprint density at radius 3 is 2.73 bits per heavy atom. The summed E-state index contributed by atoms with van der Waals surface area (Å²) in [5, 5.41) is 15.6. The average molecular weight is 712 g/mol. The zero-order valence-corrected chi connectivity index (χ0v) is 31.4. The van der Waals surface area contributed by atoms with Gasteiger partial charge in [-0.05, 0) is 100 Å². The predicted molar refractivity (Wildman–Crippen MR) is 202 cm³/mol. The number of alkyl halides is 1. The summed E-state index contributed by atoms with van der Waals surface area (Å²) in [5.41, 5.74) is 16.4. The summed E-state index contributed by atoms with van der Waals surface area (Å²) in [4.78, 5) is 19.4. The molecule has 1 aliphatic carbocycles. The van der Waals surface area contributed by atoms with Crippen LogP contribution in [0, 0.1) is 11.3 Å². The third-order valence-electron chi connectivity index (χ3n) is 11.6. The maximum absolute atomic E-state index is 12.8. The van der Waals surface area contributed by atoms with E-state index in [1.165, 1.54) is 29.5 Å². The molecule has 9 nitrogen and oxygen atoms in total. The molecule has 3 aromatic rings. The molecule has 0 saturated carbocycles. The topological polar surface area (TPSA) is 112 Å². The number of rotatable bonds is 6. The third kappa shape index (κ3) is 6.92. The minimum absolute atomic E-state index is 0.210. The van der Waals surface area contributed by atoms with Gasteiger partial charge in [0.15, 0.2) is 0 Å². The highest BCUT2D eigenvalue weighted by Gasteiger charge is 2.44. The zero-order chi connectivity index (χ0) is 35.9. The lowest BCUT2D eigenvalue weighted by molar-refractivity contribution is 0.217. The number of nitrogens with two attached hydrogens (primary N) is 1. The van der Waals surface area contributed by atoms with Crippen molar-refractivity contribution in [3.63, 3.8) is 0 Å². The first-order valence-corrected chi connectivity index (χ1v) is 19.3. The zero-order valence-electron chi connectivity index (χ0n) is 30.6. The quantitative estimate of drug-likeness (QED) is 0.261. The van der Waals surface area contributed by atoms with Crippen LogP contribution in [-0.2, 0) is 38.8 Å². The van der Waals surface area contributed by atoms with Crippen molar-refractivity contribution in [3.05, 3.63) is 74.1 Å². The summed E-state index contributed by atoms with van der Waals surface area (Å²) in [7, 11) is 0. The van der Waals surface area contributed by atoms with Crippen molar-refractivity contribution in [2.45, 2.75) is 129 Å². The van der Waals surface area contributed by atoms with Gasteiger partial charge >= 0.3 is 0 Å². The molecule has 11 heteroatoms. The molecule has 3 atom stereocenters. The van der Waals surface area contributed by atoms with Crippen LogP contribution in [0.1, 0.15) is 124 Å². The van der Waals surface area contributed by atoms with E-state index in [-0.39, 0.29) is 11.5 Å². The number of fused-ring (bicyclic) bond motifs is 3. The number of nitriles is 1. The van der Waals surface area contributed by atoms with Gasteiger partial charge in [0.1, 0.15) is 29.6 Å². The summed E-state index contributed by atoms with van der Waals surface area (Å²) in [5.74, 6) is 2.09. The van der Waals surface area contributed by atoms with Gasteiger partial charge in [-0.2, -0.15) is 10.4 Å². The summed E-state index contributed by atoms with van der Waals surface area (Å²) in [6, 6.07) is 6.41. The van der Waals surface area contributed by atoms with Gasteiger partial charge in [-0.1, -0.05) is 37.9 Å². The summed E-state index contributed by atoms with van der Waals surface area (Å²) < 4.78 is 14.9. The van der Waals surface area contributed by atoms with Gasteiger partial charge < -0.3 is 10.6 Å². The van der Waals surface area contributed by atoms with E-state index in [1.807, 2.05) is 12.3 Å². The molecule has 1 aromatic carbocycles. The first-order valence-electron chi connectivity index (χ1n) is 18.9. The van der Waals surface area contributed by atoms with E-state index in [1.54, 1.807) is 0 Å². The fourth-order valence-corrected chi connectivity index (χ4v) is 9.31. The number of hydrogen-bond acceptors (Lipinski definition) is 8. The Kier molecular flexibility index (Phi) is 10.2. The standard InChI is InChI=1S/C32H37ClN8.C8H14FN/c1-4-7-20-9-11-24(35)23(16-34)29(20)21-8-10-22-25(15-21)37-28(5-2)38-32(22)40-12-6-13-41-27(18-40)30(33)31(39-41)26-14-19(3)17-36-26;1-8-3-2-4-10(8)6-7(9)5-8/h9,11,17,21H,4-8,10,12-15,18,35H2,1-3H3;7H,2-6H2,1H3. The van der Waals surface area contributed by atoms with Crippen LogP contribution in [0.2, 0.25) is 5.02 Å². The third-order valence-corrected chi connectivity index (χ3v) is 12.0. The Morgan fingerprint density at radius 2 is 2.00 bits per heavy atom. The van der Waals surface area contributed by atoms with E-state index >= 15 is 0 Å². The van der Waals surface area contributed by atoms with Gasteiger partial charge in [-0.15, -0.1) is 0 Å². The maximum atomic E-state index is 12.8. The second kappa shape index (κ2) is 14.7. The minimum atomic E-state index is -0.551. The molecule has 0 spiro atoms. The molecular formula is C40H51ClFN9. The molecule has 8 rings (SSSR count). The summed E-state index contributed by atoms with van der Waals surface area (Å²) >= 11 is 6.98. The highest BCUT2D eigenvalue weighted by molar-refractivity contribution is 6.34.